The molecule has 0 amide bonds. The van der Waals surface area contributed by atoms with Crippen molar-refractivity contribution >= 4 is 11.6 Å². The molecule has 5 rings (SSSR count). The van der Waals surface area contributed by atoms with Crippen molar-refractivity contribution in [1.29, 1.82) is 0 Å². The van der Waals surface area contributed by atoms with Crippen LogP contribution in [0.2, 0.25) is 0 Å². The van der Waals surface area contributed by atoms with Crippen LogP contribution >= 0.6 is 0 Å². The minimum absolute atomic E-state index is 0.156. The normalized spacial score (nSPS) is 30.4. The average molecular weight is 390 g/mol. The van der Waals surface area contributed by atoms with Gasteiger partial charge in [0.2, 0.25) is 0 Å². The number of aromatic nitrogens is 2. The van der Waals surface area contributed by atoms with Crippen molar-refractivity contribution in [3.05, 3.63) is 5.56 Å². The average Bonchev–Trinajstić information content (AvgIpc) is 3.24. The molecule has 0 bridgehead atoms. The smallest absolute Gasteiger partial charge is 0.320 e. The molecule has 4 aliphatic rings. The van der Waals surface area contributed by atoms with Crippen LogP contribution in [0, 0.1) is 0 Å². The van der Waals surface area contributed by atoms with Crippen LogP contribution < -0.4 is 14.5 Å². The van der Waals surface area contributed by atoms with E-state index >= 15 is 0 Å². The van der Waals surface area contributed by atoms with Gasteiger partial charge < -0.3 is 14.5 Å². The first-order valence-electron chi connectivity index (χ1n) is 11.0. The van der Waals surface area contributed by atoms with E-state index in [1.54, 1.807) is 0 Å². The van der Waals surface area contributed by atoms with Gasteiger partial charge in [-0.15, -0.1) is 0 Å². The number of alkyl halides is 1. The van der Waals surface area contributed by atoms with E-state index in [-0.39, 0.29) is 5.54 Å². The number of fused-ring (bicyclic) bond motifs is 2. The number of ether oxygens (including phenoxy) is 1. The van der Waals surface area contributed by atoms with E-state index in [0.717, 1.165) is 57.1 Å². The van der Waals surface area contributed by atoms with E-state index in [9.17, 15) is 4.39 Å². The Labute approximate surface area is 167 Å². The van der Waals surface area contributed by atoms with Crippen LogP contribution in [0.5, 0.6) is 6.01 Å². The molecule has 1 aromatic heterocycles. The third-order valence-electron chi connectivity index (χ3n) is 7.14. The highest BCUT2D eigenvalue weighted by molar-refractivity contribution is 5.64. The van der Waals surface area contributed by atoms with Gasteiger partial charge in [0.05, 0.1) is 5.54 Å². The second-order valence-corrected chi connectivity index (χ2v) is 9.07. The molecule has 3 saturated heterocycles. The fourth-order valence-corrected chi connectivity index (χ4v) is 5.62. The summed E-state index contributed by atoms with van der Waals surface area (Å²) in [5, 5.41) is 0. The highest BCUT2D eigenvalue weighted by Crippen LogP contribution is 2.41. The molecular formula is C21H32FN5O. The minimum atomic E-state index is -0.733. The van der Waals surface area contributed by atoms with Crippen molar-refractivity contribution in [2.24, 2.45) is 0 Å². The number of anilines is 2. The van der Waals surface area contributed by atoms with Gasteiger partial charge >= 0.3 is 6.01 Å². The molecule has 0 aromatic carbocycles. The quantitative estimate of drug-likeness (QED) is 0.789. The Balaban J connectivity index is 1.40. The summed E-state index contributed by atoms with van der Waals surface area (Å²) < 4.78 is 20.2. The molecule has 4 aliphatic heterocycles. The molecule has 154 valence electrons. The van der Waals surface area contributed by atoms with E-state index in [0.29, 0.717) is 25.6 Å². The van der Waals surface area contributed by atoms with E-state index in [2.05, 4.69) is 21.7 Å². The number of nitrogens with zero attached hydrogens (tertiary/aromatic N) is 5. The zero-order valence-electron chi connectivity index (χ0n) is 17.0. The van der Waals surface area contributed by atoms with Crippen molar-refractivity contribution in [3.63, 3.8) is 0 Å². The Bertz CT molecular complexity index is 723. The van der Waals surface area contributed by atoms with Gasteiger partial charge in [0.15, 0.2) is 0 Å². The second kappa shape index (κ2) is 7.32. The lowest BCUT2D eigenvalue weighted by Crippen LogP contribution is -2.43. The van der Waals surface area contributed by atoms with Crippen LogP contribution in [0.15, 0.2) is 0 Å². The number of hydrogen-bond acceptors (Lipinski definition) is 6. The maximum atomic E-state index is 14.1. The van der Waals surface area contributed by atoms with E-state index in [1.165, 1.54) is 31.2 Å². The third-order valence-corrected chi connectivity index (χ3v) is 7.14. The number of rotatable bonds is 4. The van der Waals surface area contributed by atoms with Crippen molar-refractivity contribution in [2.75, 3.05) is 56.2 Å². The van der Waals surface area contributed by atoms with Gasteiger partial charge in [0.25, 0.3) is 0 Å². The number of halogens is 1. The van der Waals surface area contributed by atoms with Crippen LogP contribution in [0.1, 0.15) is 50.5 Å². The SMILES string of the molecule is CN1CCc2c1nc(OC[C@@]13CCCN1C[C@H](F)C3)nc2N1CCCCCC1. The number of hydrogen-bond donors (Lipinski definition) is 0. The molecule has 5 heterocycles. The summed E-state index contributed by atoms with van der Waals surface area (Å²) in [5.74, 6) is 2.08. The fourth-order valence-electron chi connectivity index (χ4n) is 5.62. The molecule has 0 unspecified atom stereocenters. The predicted molar refractivity (Wildman–Crippen MR) is 108 cm³/mol. The maximum absolute atomic E-state index is 14.1. The first kappa shape index (κ1) is 18.4. The van der Waals surface area contributed by atoms with Gasteiger partial charge in [-0.3, -0.25) is 4.90 Å². The molecule has 1 aromatic rings. The molecule has 0 N–H and O–H groups in total. The van der Waals surface area contributed by atoms with Crippen LogP contribution in [-0.2, 0) is 6.42 Å². The Morgan fingerprint density at radius 3 is 2.64 bits per heavy atom. The summed E-state index contributed by atoms with van der Waals surface area (Å²) in [4.78, 5) is 16.6. The minimum Gasteiger partial charge on any atom is -0.461 e. The van der Waals surface area contributed by atoms with E-state index in [4.69, 9.17) is 14.7 Å². The Morgan fingerprint density at radius 2 is 1.82 bits per heavy atom. The summed E-state index contributed by atoms with van der Waals surface area (Å²) in [6, 6.07) is 0.468. The molecule has 6 nitrogen and oxygen atoms in total. The lowest BCUT2D eigenvalue weighted by atomic mass is 9.95. The van der Waals surface area contributed by atoms with Crippen molar-refractivity contribution in [1.82, 2.24) is 14.9 Å². The molecule has 2 atom stereocenters. The van der Waals surface area contributed by atoms with Crippen LogP contribution in [0.25, 0.3) is 0 Å². The number of likely N-dealkylation sites (N-methyl/N-ethyl adjacent to an activating group) is 1. The van der Waals surface area contributed by atoms with Crippen molar-refractivity contribution in [2.45, 2.75) is 63.1 Å². The predicted octanol–water partition coefficient (Wildman–Crippen LogP) is 2.80. The zero-order chi connectivity index (χ0) is 19.1. The topological polar surface area (TPSA) is 44.7 Å². The van der Waals surface area contributed by atoms with Gasteiger partial charge in [-0.2, -0.15) is 9.97 Å². The van der Waals surface area contributed by atoms with Crippen molar-refractivity contribution in [3.8, 4) is 6.01 Å². The molecule has 0 spiro atoms. The third kappa shape index (κ3) is 3.21. The molecule has 0 aliphatic carbocycles. The van der Waals surface area contributed by atoms with Gasteiger partial charge in [-0.25, -0.2) is 4.39 Å². The van der Waals surface area contributed by atoms with Crippen molar-refractivity contribution < 1.29 is 9.13 Å². The Kier molecular flexibility index (Phi) is 4.81. The zero-order valence-corrected chi connectivity index (χ0v) is 17.0. The highest BCUT2D eigenvalue weighted by atomic mass is 19.1. The maximum Gasteiger partial charge on any atom is 0.320 e. The molecular weight excluding hydrogens is 357 g/mol. The summed E-state index contributed by atoms with van der Waals surface area (Å²) in [5.41, 5.74) is 1.11. The fraction of sp³-hybridized carbons (Fsp3) is 0.810. The summed E-state index contributed by atoms with van der Waals surface area (Å²) in [7, 11) is 2.09. The molecule has 7 heteroatoms. The molecule has 28 heavy (non-hydrogen) atoms. The monoisotopic (exact) mass is 389 g/mol. The Hall–Kier alpha value is -1.63. The lowest BCUT2D eigenvalue weighted by molar-refractivity contribution is 0.107. The highest BCUT2D eigenvalue weighted by Gasteiger charge is 2.49. The van der Waals surface area contributed by atoms with Gasteiger partial charge in [-0.1, -0.05) is 12.8 Å². The largest absolute Gasteiger partial charge is 0.461 e. The standard InChI is InChI=1S/C21H32FN5O/c1-25-12-7-17-18(25)23-20(24-19(17)26-9-4-2-3-5-10-26)28-15-21-8-6-11-27(21)14-16(22)13-21/h16H,2-15H2,1H3/t16-,21+/m1/s1. The second-order valence-electron chi connectivity index (χ2n) is 9.07. The van der Waals surface area contributed by atoms with Gasteiger partial charge in [0.1, 0.15) is 24.4 Å². The first-order valence-corrected chi connectivity index (χ1v) is 11.0. The molecule has 3 fully saturated rings. The van der Waals surface area contributed by atoms with Crippen LogP contribution in [0.4, 0.5) is 16.0 Å². The lowest BCUT2D eigenvalue weighted by Gasteiger charge is -2.31. The summed E-state index contributed by atoms with van der Waals surface area (Å²) >= 11 is 0. The first-order chi connectivity index (χ1) is 13.6. The van der Waals surface area contributed by atoms with E-state index in [1.807, 2.05) is 0 Å². The van der Waals surface area contributed by atoms with E-state index < -0.39 is 6.17 Å². The van der Waals surface area contributed by atoms with Crippen LogP contribution in [-0.4, -0.2) is 73.0 Å². The molecule has 0 radical (unpaired) electrons. The summed E-state index contributed by atoms with van der Waals surface area (Å²) in [6.45, 7) is 5.14. The van der Waals surface area contributed by atoms with Gasteiger partial charge in [0, 0.05) is 45.2 Å². The Morgan fingerprint density at radius 1 is 1.04 bits per heavy atom. The summed E-state index contributed by atoms with van der Waals surface area (Å²) in [6.07, 6.45) is 8.03. The van der Waals surface area contributed by atoms with Gasteiger partial charge in [-0.05, 0) is 38.6 Å². The van der Waals surface area contributed by atoms with Crippen LogP contribution in [0.3, 0.4) is 0 Å². The molecule has 0 saturated carbocycles.